The summed E-state index contributed by atoms with van der Waals surface area (Å²) >= 11 is 0. The molecule has 2 aromatic carbocycles. The van der Waals surface area contributed by atoms with Gasteiger partial charge in [0.25, 0.3) is 0 Å². The van der Waals surface area contributed by atoms with E-state index < -0.39 is 0 Å². The Balaban J connectivity index is 2.14. The first kappa shape index (κ1) is 13.8. The second-order valence-corrected chi connectivity index (χ2v) is 5.14. The summed E-state index contributed by atoms with van der Waals surface area (Å²) in [5.74, 6) is 0.642. The number of imidazole rings is 1. The number of hydrogen-bond donors (Lipinski definition) is 1. The number of aromatic nitrogens is 2. The molecule has 108 valence electrons. The number of hydrogen-bond acceptors (Lipinski definition) is 2. The highest BCUT2D eigenvalue weighted by Crippen LogP contribution is 2.27. The molecule has 0 radical (unpaired) electrons. The van der Waals surface area contributed by atoms with Gasteiger partial charge in [0.2, 0.25) is 0 Å². The predicted molar refractivity (Wildman–Crippen MR) is 83.7 cm³/mol. The zero-order valence-corrected chi connectivity index (χ0v) is 12.2. The van der Waals surface area contributed by atoms with Crippen molar-refractivity contribution < 1.29 is 4.39 Å². The van der Waals surface area contributed by atoms with Crippen LogP contribution in [0.4, 0.5) is 4.39 Å². The molecule has 0 bridgehead atoms. The lowest BCUT2D eigenvalue weighted by Crippen LogP contribution is -2.11. The highest BCUT2D eigenvalue weighted by molar-refractivity contribution is 5.81. The maximum absolute atomic E-state index is 13.4. The molecule has 0 aliphatic carbocycles. The number of rotatable bonds is 4. The number of halogens is 1. The van der Waals surface area contributed by atoms with Gasteiger partial charge in [-0.2, -0.15) is 0 Å². The number of aryl methyl sites for hydroxylation is 1. The van der Waals surface area contributed by atoms with E-state index in [0.717, 1.165) is 35.4 Å². The quantitative estimate of drug-likeness (QED) is 0.797. The fraction of sp³-hybridized carbons (Fsp3) is 0.235. The number of nitrogens with zero attached hydrogens (tertiary/aromatic N) is 2. The zero-order valence-electron chi connectivity index (χ0n) is 12.2. The van der Waals surface area contributed by atoms with Gasteiger partial charge in [0.05, 0.1) is 11.0 Å². The maximum atomic E-state index is 13.4. The molecule has 0 fully saturated rings. The van der Waals surface area contributed by atoms with Gasteiger partial charge in [-0.1, -0.05) is 24.3 Å². The van der Waals surface area contributed by atoms with Crippen LogP contribution in [-0.2, 0) is 13.5 Å². The molecule has 4 heteroatoms. The Bertz CT molecular complexity index is 777. The molecule has 0 unspecified atom stereocenters. The van der Waals surface area contributed by atoms with E-state index in [1.54, 1.807) is 6.07 Å². The van der Waals surface area contributed by atoms with Crippen LogP contribution in [0, 0.1) is 5.82 Å². The zero-order chi connectivity index (χ0) is 14.8. The van der Waals surface area contributed by atoms with Crippen LogP contribution in [0.15, 0.2) is 42.5 Å². The average Bonchev–Trinajstić information content (AvgIpc) is 2.82. The molecule has 3 nitrogen and oxygen atoms in total. The molecule has 0 atom stereocenters. The second-order valence-electron chi connectivity index (χ2n) is 5.14. The molecule has 0 aliphatic rings. The Hall–Kier alpha value is -2.20. The van der Waals surface area contributed by atoms with Crippen molar-refractivity contribution in [3.63, 3.8) is 0 Å². The predicted octanol–water partition coefficient (Wildman–Crippen LogP) is 3.14. The molecule has 3 aromatic rings. The summed E-state index contributed by atoms with van der Waals surface area (Å²) < 4.78 is 15.4. The van der Waals surface area contributed by atoms with Gasteiger partial charge in [-0.15, -0.1) is 0 Å². The third-order valence-electron chi connectivity index (χ3n) is 3.75. The van der Waals surface area contributed by atoms with Crippen LogP contribution in [0.25, 0.3) is 22.4 Å². The van der Waals surface area contributed by atoms with Crippen LogP contribution in [0.2, 0.25) is 0 Å². The van der Waals surface area contributed by atoms with E-state index in [-0.39, 0.29) is 5.82 Å². The van der Waals surface area contributed by atoms with Crippen molar-refractivity contribution in [1.82, 2.24) is 14.9 Å². The Morgan fingerprint density at radius 1 is 1.19 bits per heavy atom. The maximum Gasteiger partial charge on any atom is 0.141 e. The van der Waals surface area contributed by atoms with Crippen LogP contribution >= 0.6 is 0 Å². The number of nitrogens with one attached hydrogen (secondary N) is 1. The van der Waals surface area contributed by atoms with Crippen LogP contribution in [0.3, 0.4) is 0 Å². The van der Waals surface area contributed by atoms with Crippen LogP contribution in [0.1, 0.15) is 5.56 Å². The molecule has 1 heterocycles. The van der Waals surface area contributed by atoms with Crippen molar-refractivity contribution in [2.45, 2.75) is 6.42 Å². The van der Waals surface area contributed by atoms with Gasteiger partial charge in [-0.3, -0.25) is 0 Å². The average molecular weight is 283 g/mol. The minimum atomic E-state index is -0.236. The second kappa shape index (κ2) is 5.66. The molecule has 0 spiro atoms. The number of benzene rings is 2. The van der Waals surface area contributed by atoms with E-state index in [1.807, 2.05) is 30.8 Å². The van der Waals surface area contributed by atoms with Gasteiger partial charge < -0.3 is 9.88 Å². The minimum absolute atomic E-state index is 0.236. The molecule has 0 saturated carbocycles. The van der Waals surface area contributed by atoms with Crippen molar-refractivity contribution in [1.29, 1.82) is 0 Å². The van der Waals surface area contributed by atoms with Crippen LogP contribution < -0.4 is 5.32 Å². The number of likely N-dealkylation sites (N-methyl/N-ethyl adjacent to an activating group) is 1. The normalized spacial score (nSPS) is 11.2. The first-order valence-corrected chi connectivity index (χ1v) is 7.05. The Kier molecular flexibility index (Phi) is 3.71. The van der Waals surface area contributed by atoms with E-state index in [9.17, 15) is 4.39 Å². The van der Waals surface area contributed by atoms with Crippen molar-refractivity contribution in [3.05, 3.63) is 53.8 Å². The van der Waals surface area contributed by atoms with Gasteiger partial charge in [-0.05, 0) is 43.8 Å². The van der Waals surface area contributed by atoms with E-state index >= 15 is 0 Å². The first-order valence-electron chi connectivity index (χ1n) is 7.05. The largest absolute Gasteiger partial charge is 0.327 e. The summed E-state index contributed by atoms with van der Waals surface area (Å²) in [5.41, 5.74) is 3.98. The van der Waals surface area contributed by atoms with Gasteiger partial charge in [0.15, 0.2) is 0 Å². The fourth-order valence-electron chi connectivity index (χ4n) is 2.62. The van der Waals surface area contributed by atoms with Gasteiger partial charge in [-0.25, -0.2) is 9.37 Å². The lowest BCUT2D eigenvalue weighted by molar-refractivity contribution is 0.629. The molecule has 1 aromatic heterocycles. The van der Waals surface area contributed by atoms with Gasteiger partial charge in [0, 0.05) is 12.6 Å². The highest BCUT2D eigenvalue weighted by atomic mass is 19.1. The van der Waals surface area contributed by atoms with E-state index in [2.05, 4.69) is 22.4 Å². The Morgan fingerprint density at radius 3 is 2.81 bits per heavy atom. The molecule has 0 amide bonds. The topological polar surface area (TPSA) is 29.9 Å². The summed E-state index contributed by atoms with van der Waals surface area (Å²) in [6.07, 6.45) is 0.935. The van der Waals surface area contributed by atoms with Crippen molar-refractivity contribution in [2.75, 3.05) is 13.6 Å². The molecular weight excluding hydrogens is 265 g/mol. The molecule has 0 saturated heterocycles. The summed E-state index contributed by atoms with van der Waals surface area (Å²) in [7, 11) is 3.87. The first-order chi connectivity index (χ1) is 10.2. The summed E-state index contributed by atoms with van der Waals surface area (Å²) in [4.78, 5) is 4.67. The lowest BCUT2D eigenvalue weighted by atomic mass is 10.0. The van der Waals surface area contributed by atoms with Gasteiger partial charge >= 0.3 is 0 Å². The summed E-state index contributed by atoms with van der Waals surface area (Å²) in [6.45, 7) is 0.912. The summed E-state index contributed by atoms with van der Waals surface area (Å²) in [5, 5.41) is 3.17. The third-order valence-corrected chi connectivity index (χ3v) is 3.75. The van der Waals surface area contributed by atoms with E-state index in [0.29, 0.717) is 0 Å². The summed E-state index contributed by atoms with van der Waals surface area (Å²) in [6, 6.07) is 12.9. The Labute approximate surface area is 123 Å². The monoisotopic (exact) mass is 283 g/mol. The van der Waals surface area contributed by atoms with Crippen molar-refractivity contribution >= 4 is 11.0 Å². The fourth-order valence-corrected chi connectivity index (χ4v) is 2.62. The molecule has 1 N–H and O–H groups in total. The van der Waals surface area contributed by atoms with Gasteiger partial charge in [0.1, 0.15) is 11.6 Å². The molecular formula is C17H18FN3. The molecule has 21 heavy (non-hydrogen) atoms. The smallest absolute Gasteiger partial charge is 0.141 e. The van der Waals surface area contributed by atoms with Crippen LogP contribution in [-0.4, -0.2) is 23.1 Å². The van der Waals surface area contributed by atoms with Crippen LogP contribution in [0.5, 0.6) is 0 Å². The highest BCUT2D eigenvalue weighted by Gasteiger charge is 2.13. The lowest BCUT2D eigenvalue weighted by Gasteiger charge is -2.09. The SMILES string of the molecule is CNCCc1ccccc1-c1nc2ccc(F)cc2n1C. The molecule has 3 rings (SSSR count). The Morgan fingerprint density at radius 2 is 2.00 bits per heavy atom. The van der Waals surface area contributed by atoms with E-state index in [1.165, 1.54) is 17.7 Å². The van der Waals surface area contributed by atoms with E-state index in [4.69, 9.17) is 0 Å². The standard InChI is InChI=1S/C17H18FN3/c1-19-10-9-12-5-3-4-6-14(12)17-20-15-8-7-13(18)11-16(15)21(17)2/h3-8,11,19H,9-10H2,1-2H3. The number of fused-ring (bicyclic) bond motifs is 1. The third kappa shape index (κ3) is 2.54. The van der Waals surface area contributed by atoms with Crippen molar-refractivity contribution in [2.24, 2.45) is 7.05 Å². The molecule has 0 aliphatic heterocycles. The van der Waals surface area contributed by atoms with Crippen molar-refractivity contribution in [3.8, 4) is 11.4 Å². The minimum Gasteiger partial charge on any atom is -0.327 e.